The topological polar surface area (TPSA) is 140 Å². The molecular weight excluding hydrogens is 1980 g/mol. The molecule has 12 saturated heterocycles. The molecule has 0 aromatic heterocycles. The second-order valence-electron chi connectivity index (χ2n) is 48.3. The molecule has 12 nitrogen and oxygen atoms in total. The molecule has 3 amide bonds. The lowest BCUT2D eigenvalue weighted by Gasteiger charge is -2.46. The molecule has 0 radical (unpaired) electrons. The van der Waals surface area contributed by atoms with Gasteiger partial charge >= 0.3 is 0 Å². The summed E-state index contributed by atoms with van der Waals surface area (Å²) < 4.78 is 52.9. The van der Waals surface area contributed by atoms with Crippen LogP contribution in [0.1, 0.15) is 265 Å². The van der Waals surface area contributed by atoms with Crippen LogP contribution in [-0.4, -0.2) is 256 Å². The van der Waals surface area contributed by atoms with E-state index >= 15 is 0 Å². The number of thioether (sulfide) groups is 4. The first-order valence-corrected chi connectivity index (χ1v) is 65.4. The number of hydrogen-bond donors (Lipinski definition) is 0. The number of fused-ring (bicyclic) bond motifs is 12. The highest BCUT2D eigenvalue weighted by molar-refractivity contribution is 8.09. The van der Waals surface area contributed by atoms with Crippen LogP contribution in [0.5, 0.6) is 0 Å². The van der Waals surface area contributed by atoms with Crippen molar-refractivity contribution in [3.05, 3.63) is 179 Å². The zero-order valence-electron chi connectivity index (χ0n) is 86.7. The Morgan fingerprint density at radius 3 is 0.660 bits per heavy atom. The Hall–Kier alpha value is -2.79. The van der Waals surface area contributed by atoms with Gasteiger partial charge in [-0.2, -0.15) is 47.0 Å². The summed E-state index contributed by atoms with van der Waals surface area (Å²) in [4.78, 5) is 54.0. The van der Waals surface area contributed by atoms with Crippen LogP contribution >= 0.6 is 47.0 Å². The van der Waals surface area contributed by atoms with Crippen LogP contribution in [-0.2, 0) is 147 Å². The number of carbonyl (C=O) groups excluding carboxylic acids is 3. The van der Waals surface area contributed by atoms with E-state index in [-0.39, 0.29) is 171 Å². The number of hydrogen-bond acceptors (Lipinski definition) is 13. The van der Waals surface area contributed by atoms with Crippen molar-refractivity contribution in [2.75, 3.05) is 148 Å². The van der Waals surface area contributed by atoms with E-state index in [9.17, 15) is 27.0 Å². The van der Waals surface area contributed by atoms with Crippen LogP contribution in [0.15, 0.2) is 175 Å². The highest BCUT2D eigenvalue weighted by Crippen LogP contribution is 2.46. The van der Waals surface area contributed by atoms with E-state index in [1.807, 2.05) is 62.3 Å². The van der Waals surface area contributed by atoms with E-state index in [2.05, 4.69) is 332 Å². The molecule has 0 saturated carbocycles. The molecule has 24 heteroatoms. The predicted molar refractivity (Wildman–Crippen MR) is 637 cm³/mol. The van der Waals surface area contributed by atoms with Gasteiger partial charge in [0.2, 0.25) is 17.7 Å². The van der Waals surface area contributed by atoms with Crippen LogP contribution < -0.4 is 0 Å². The van der Waals surface area contributed by atoms with Gasteiger partial charge in [0.05, 0.1) is 90.4 Å². The summed E-state index contributed by atoms with van der Waals surface area (Å²) in [5, 5.41) is 6.39. The minimum absolute atomic E-state index is 0. The van der Waals surface area contributed by atoms with Gasteiger partial charge in [-0.05, 0) is 139 Å². The van der Waals surface area contributed by atoms with Crippen molar-refractivity contribution in [3.63, 3.8) is 0 Å². The third-order valence-electron chi connectivity index (χ3n) is 27.5. The molecule has 0 aliphatic carbocycles. The second-order valence-corrected chi connectivity index (χ2v) is 71.6. The molecule has 8 atom stereocenters. The van der Waals surface area contributed by atoms with Crippen LogP contribution in [0.2, 0.25) is 0 Å². The maximum Gasteiger partial charge on any atom is 0.228 e. The fourth-order valence-electron chi connectivity index (χ4n) is 20.1. The molecule has 6 aromatic rings. The fourth-order valence-corrected chi connectivity index (χ4v) is 52.1. The van der Waals surface area contributed by atoms with Crippen LogP contribution in [0.3, 0.4) is 0 Å². The lowest BCUT2D eigenvalue weighted by atomic mass is 9.87. The van der Waals surface area contributed by atoms with Gasteiger partial charge in [-0.1, -0.05) is 304 Å². The Bertz CT molecular complexity index is 4840. The van der Waals surface area contributed by atoms with Crippen molar-refractivity contribution in [1.29, 1.82) is 0 Å². The molecule has 141 heavy (non-hydrogen) atoms. The minimum Gasteiger partial charge on any atom is -0.371 e. The van der Waals surface area contributed by atoms with Gasteiger partial charge in [-0.3, -0.25) is 18.6 Å². The average molecular weight is 2170 g/mol. The summed E-state index contributed by atoms with van der Waals surface area (Å²) in [6.45, 7) is 68.3. The normalized spacial score (nSPS) is 28.3. The summed E-state index contributed by atoms with van der Waals surface area (Å²) in [5.41, 5.74) is 8.55. The first-order valence-electron chi connectivity index (χ1n) is 49.4. The number of ether oxygens (including phenoxy) is 3. The van der Waals surface area contributed by atoms with Gasteiger partial charge in [-0.15, -0.1) is 0 Å². The SMILES string of the molecule is C.C.C.C.C.C.CC(C)(C)C(=O)N1CC2CN(C(=O)C(C)(C)C)CC(C1)[S+]2c1ccc(C(C)(C)C)cc1.CC(C)(C)C(=O)N1CC2CSCC(C1)[S+]2c1ccc(C(C)(C)C)cc1.CC(C)(C)c1ccc([S+]2C3COCC2CS(=O)(=O)C3)cc1.CC(C)(C)c1ccc([S+]2C3COCC2CS(=O)C3)cc1.CC(C)(C)c1ccc([S+]2C3COCC2CSC3)cc1.CC(C)(C)c1ccc([S+]2C3CSCC2CSC3)cc1. The van der Waals surface area contributed by atoms with Crippen molar-refractivity contribution in [3.8, 4) is 0 Å². The monoisotopic (exact) mass is 2160 g/mol. The Balaban J connectivity index is 0.000000230. The third kappa shape index (κ3) is 32.2. The molecule has 6 aromatic carbocycles. The molecule has 12 heterocycles. The summed E-state index contributed by atoms with van der Waals surface area (Å²) in [7, 11) is -2.03. The number of carbonyl (C=O) groups is 3. The van der Waals surface area contributed by atoms with E-state index in [0.29, 0.717) is 72.4 Å². The molecule has 0 spiro atoms. The van der Waals surface area contributed by atoms with Gasteiger partial charge in [-0.25, -0.2) is 8.42 Å². The van der Waals surface area contributed by atoms with Gasteiger partial charge < -0.3 is 28.9 Å². The Morgan fingerprint density at radius 1 is 0.262 bits per heavy atom. The quantitative estimate of drug-likeness (QED) is 0.146. The second kappa shape index (κ2) is 51.1. The maximum atomic E-state index is 13.1. The molecule has 0 N–H and O–H groups in total. The summed E-state index contributed by atoms with van der Waals surface area (Å²) in [6, 6.07) is 55.4. The van der Waals surface area contributed by atoms with Crippen LogP contribution in [0.4, 0.5) is 0 Å². The van der Waals surface area contributed by atoms with Crippen molar-refractivity contribution in [2.24, 2.45) is 16.2 Å². The molecule has 12 aliphatic rings. The first kappa shape index (κ1) is 125. The predicted octanol–water partition coefficient (Wildman–Crippen LogP) is 24.9. The highest BCUT2D eigenvalue weighted by atomic mass is 32.2. The molecule has 12 aliphatic heterocycles. The van der Waals surface area contributed by atoms with Gasteiger partial charge in [0, 0.05) is 138 Å². The van der Waals surface area contributed by atoms with Crippen molar-refractivity contribution in [1.82, 2.24) is 14.7 Å². The third-order valence-corrected chi connectivity index (χ3v) is 55.7. The zero-order valence-corrected chi connectivity index (χ0v) is 96.5. The number of nitrogens with zero attached hydrogens (tertiary/aromatic N) is 3. The van der Waals surface area contributed by atoms with E-state index in [1.54, 1.807) is 9.79 Å². The summed E-state index contributed by atoms with van der Waals surface area (Å²) in [5.74, 6) is 13.4. The van der Waals surface area contributed by atoms with Gasteiger partial charge in [0.1, 0.15) is 32.5 Å². The van der Waals surface area contributed by atoms with Gasteiger partial charge in [0.15, 0.2) is 81.2 Å². The average Bonchev–Trinajstić information content (AvgIpc) is 0.777. The smallest absolute Gasteiger partial charge is 0.228 e. The number of amides is 3. The fraction of sp³-hybridized carbons (Fsp3) is 0.667. The summed E-state index contributed by atoms with van der Waals surface area (Å²) in [6.07, 6.45) is 0. The maximum absolute atomic E-state index is 13.1. The van der Waals surface area contributed by atoms with E-state index in [0.717, 1.165) is 98.2 Å². The molecule has 18 rings (SSSR count). The molecule has 12 fully saturated rings. The van der Waals surface area contributed by atoms with Crippen molar-refractivity contribution < 1.29 is 41.2 Å². The molecular formula is C117H189N3O9S12+6. The molecule has 8 unspecified atom stereocenters. The molecule has 792 valence electrons. The summed E-state index contributed by atoms with van der Waals surface area (Å²) >= 11 is 8.58. The Morgan fingerprint density at radius 2 is 0.433 bits per heavy atom. The minimum atomic E-state index is -2.89. The standard InChI is InChI=1S/C26H41N2O2S.C21H32NOS2.C16H23O3S2.C16H23O2S2.C16H23OS2.C16H23S3.6CH4/c1-24(2,3)18-10-12-19(13-11-18)31-20-14-27(22(29)25(4,5)6)15-21(31)17-28(16-20)23(30)26(7,8)9;1-20(2,3)15-7-9-16(10-8-15)25-17-11-22(19(23)21(4,5)6)12-18(25)14-24-13-17;1-16(2,3)12-4-6-13(7-5-12)20-14-8-19-9-15(20)11-21(17,18)10-14;1-16(2,3)12-4-6-13(7-5-12)20-14-8-18-9-15(20)11-19(17)10-14;1-16(2,3)12-4-6-13(7-5-12)19-14-8-17-9-15(19)11-18-10-14;1-16(2,3)12-4-6-13(7-5-12)19-14-8-17-10-15(19)11-18-9-14;;;;;;/h10-13,20-21H,14-17H2,1-9H3;7-10,17-18H,11-14H2,1-6H3;4-7,14-15H,8-11H2,1-3H3;4-7,14-15H,8-11H2,1-3H3;2*4-7,14-15H,8-11H2,1-3H3;6*1H4/q6*+1;;;;;;. The highest BCUT2D eigenvalue weighted by Gasteiger charge is 2.58. The first-order chi connectivity index (χ1) is 63.0. The largest absolute Gasteiger partial charge is 0.371 e. The Kier molecular flexibility index (Phi) is 45.3. The van der Waals surface area contributed by atoms with E-state index in [4.69, 9.17) is 14.2 Å². The van der Waals surface area contributed by atoms with E-state index in [1.165, 1.54) is 99.0 Å². The van der Waals surface area contributed by atoms with Crippen LogP contribution in [0, 0.1) is 16.2 Å². The van der Waals surface area contributed by atoms with Gasteiger partial charge in [0.25, 0.3) is 0 Å². The lowest BCUT2D eigenvalue weighted by molar-refractivity contribution is -0.142. The Labute approximate surface area is 897 Å². The molecule has 12 bridgehead atoms. The number of sulfone groups is 1. The number of benzene rings is 6. The van der Waals surface area contributed by atoms with Crippen molar-refractivity contribution in [2.45, 2.75) is 356 Å². The number of rotatable bonds is 6. The lowest BCUT2D eigenvalue weighted by Crippen LogP contribution is -2.66. The van der Waals surface area contributed by atoms with Crippen LogP contribution in [0.25, 0.3) is 0 Å². The van der Waals surface area contributed by atoms with E-state index < -0.39 is 20.6 Å². The van der Waals surface area contributed by atoms with Crippen molar-refractivity contribution >= 4 is 151 Å². The zero-order chi connectivity index (χ0) is 98.3.